The van der Waals surface area contributed by atoms with Gasteiger partial charge < -0.3 is 4.42 Å². The Morgan fingerprint density at radius 2 is 1.50 bits per heavy atom. The number of imide groups is 1. The molecule has 1 aromatic heterocycles. The highest BCUT2D eigenvalue weighted by Gasteiger charge is 2.36. The summed E-state index contributed by atoms with van der Waals surface area (Å²) >= 11 is 0. The Hall–Kier alpha value is -3.73. The second-order valence-corrected chi connectivity index (χ2v) is 6.99. The van der Waals surface area contributed by atoms with Crippen LogP contribution in [0.4, 0.5) is 5.69 Å². The Morgan fingerprint density at radius 1 is 0.857 bits per heavy atom. The predicted octanol–water partition coefficient (Wildman–Crippen LogP) is 4.91. The summed E-state index contributed by atoms with van der Waals surface area (Å²) in [7, 11) is 0. The van der Waals surface area contributed by atoms with E-state index in [0.717, 1.165) is 16.7 Å². The number of anilines is 1. The molecule has 0 saturated heterocycles. The van der Waals surface area contributed by atoms with Crippen LogP contribution in [0, 0.1) is 13.8 Å². The second kappa shape index (κ2) is 5.89. The highest BCUT2D eigenvalue weighted by atomic mass is 16.3. The van der Waals surface area contributed by atoms with E-state index in [1.807, 2.05) is 38.1 Å². The molecule has 0 fully saturated rings. The van der Waals surface area contributed by atoms with Gasteiger partial charge in [0, 0.05) is 5.56 Å². The Balaban J connectivity index is 1.61. The molecule has 0 N–H and O–H groups in total. The number of rotatable bonds is 2. The van der Waals surface area contributed by atoms with Crippen molar-refractivity contribution in [2.75, 3.05) is 4.90 Å². The van der Waals surface area contributed by atoms with Crippen LogP contribution in [0.3, 0.4) is 0 Å². The summed E-state index contributed by atoms with van der Waals surface area (Å²) in [5, 5.41) is 0. The summed E-state index contributed by atoms with van der Waals surface area (Å²) in [6.45, 7) is 3.91. The Morgan fingerprint density at radius 3 is 2.14 bits per heavy atom. The molecule has 3 aromatic carbocycles. The third-order valence-corrected chi connectivity index (χ3v) is 5.01. The first kappa shape index (κ1) is 16.4. The molecule has 2 heterocycles. The van der Waals surface area contributed by atoms with Gasteiger partial charge in [0.15, 0.2) is 5.58 Å². The maximum Gasteiger partial charge on any atom is 0.266 e. The van der Waals surface area contributed by atoms with Gasteiger partial charge in [-0.15, -0.1) is 0 Å². The van der Waals surface area contributed by atoms with Crippen molar-refractivity contribution in [2.45, 2.75) is 13.8 Å². The zero-order valence-corrected chi connectivity index (χ0v) is 15.4. The van der Waals surface area contributed by atoms with Gasteiger partial charge in [-0.25, -0.2) is 9.88 Å². The molecule has 28 heavy (non-hydrogen) atoms. The number of carbonyl (C=O) groups is 2. The monoisotopic (exact) mass is 368 g/mol. The van der Waals surface area contributed by atoms with Gasteiger partial charge in [-0.05, 0) is 55.8 Å². The van der Waals surface area contributed by atoms with Crippen LogP contribution >= 0.6 is 0 Å². The third kappa shape index (κ3) is 2.36. The van der Waals surface area contributed by atoms with Crippen molar-refractivity contribution >= 4 is 28.6 Å². The molecule has 0 aliphatic carbocycles. The molecule has 0 radical (unpaired) electrons. The molecule has 5 nitrogen and oxygen atoms in total. The molecule has 1 aliphatic rings. The van der Waals surface area contributed by atoms with Gasteiger partial charge >= 0.3 is 0 Å². The molecule has 4 aromatic rings. The first-order valence-electron chi connectivity index (χ1n) is 8.99. The van der Waals surface area contributed by atoms with Gasteiger partial charge in [0.05, 0.1) is 16.8 Å². The maximum atomic E-state index is 12.8. The van der Waals surface area contributed by atoms with Crippen molar-refractivity contribution in [3.8, 4) is 11.5 Å². The first-order chi connectivity index (χ1) is 13.5. The van der Waals surface area contributed by atoms with E-state index in [9.17, 15) is 9.59 Å². The van der Waals surface area contributed by atoms with Gasteiger partial charge in [0.1, 0.15) is 5.52 Å². The largest absolute Gasteiger partial charge is 0.436 e. The quantitative estimate of drug-likeness (QED) is 0.472. The van der Waals surface area contributed by atoms with Crippen molar-refractivity contribution in [3.05, 3.63) is 82.9 Å². The van der Waals surface area contributed by atoms with E-state index in [-0.39, 0.29) is 11.8 Å². The molecule has 5 heteroatoms. The number of aryl methyl sites for hydroxylation is 2. The number of amides is 2. The van der Waals surface area contributed by atoms with Gasteiger partial charge in [0.25, 0.3) is 11.8 Å². The minimum Gasteiger partial charge on any atom is -0.436 e. The van der Waals surface area contributed by atoms with Crippen LogP contribution in [0.25, 0.3) is 22.6 Å². The average Bonchev–Trinajstić information content (AvgIpc) is 3.23. The summed E-state index contributed by atoms with van der Waals surface area (Å²) < 4.78 is 5.96. The summed E-state index contributed by atoms with van der Waals surface area (Å²) in [5.74, 6) is -0.124. The molecule has 0 saturated carbocycles. The minimum absolute atomic E-state index is 0.318. The number of fused-ring (bicyclic) bond motifs is 2. The van der Waals surface area contributed by atoms with Crippen molar-refractivity contribution in [3.63, 3.8) is 0 Å². The van der Waals surface area contributed by atoms with Crippen LogP contribution in [-0.2, 0) is 0 Å². The van der Waals surface area contributed by atoms with Crippen molar-refractivity contribution in [1.29, 1.82) is 0 Å². The Bertz CT molecular complexity index is 1230. The van der Waals surface area contributed by atoms with Crippen molar-refractivity contribution < 1.29 is 14.0 Å². The average molecular weight is 368 g/mol. The van der Waals surface area contributed by atoms with Gasteiger partial charge in [-0.2, -0.15) is 0 Å². The Kier molecular flexibility index (Phi) is 3.46. The van der Waals surface area contributed by atoms with Crippen molar-refractivity contribution in [1.82, 2.24) is 4.98 Å². The highest BCUT2D eigenvalue weighted by molar-refractivity contribution is 6.34. The molecule has 0 unspecified atom stereocenters. The molecular formula is C23H16N2O3. The molecule has 1 aliphatic heterocycles. The topological polar surface area (TPSA) is 63.4 Å². The zero-order chi connectivity index (χ0) is 19.4. The van der Waals surface area contributed by atoms with Crippen LogP contribution in [0.2, 0.25) is 0 Å². The fraction of sp³-hybridized carbons (Fsp3) is 0.0870. The van der Waals surface area contributed by atoms with E-state index < -0.39 is 0 Å². The SMILES string of the molecule is Cc1ccc(-c2nc3cc(N4C(=O)c5ccccc5C4=O)cc(C)c3o2)cc1. The lowest BCUT2D eigenvalue weighted by Gasteiger charge is -2.14. The lowest BCUT2D eigenvalue weighted by molar-refractivity contribution is 0.0926. The second-order valence-electron chi connectivity index (χ2n) is 6.99. The highest BCUT2D eigenvalue weighted by Crippen LogP contribution is 2.34. The number of hydrogen-bond donors (Lipinski definition) is 0. The molecular weight excluding hydrogens is 352 g/mol. The Labute approximate surface area is 161 Å². The fourth-order valence-electron chi connectivity index (χ4n) is 3.55. The fourth-order valence-corrected chi connectivity index (χ4v) is 3.55. The number of oxazole rings is 1. The van der Waals surface area contributed by atoms with E-state index in [4.69, 9.17) is 4.42 Å². The number of carbonyl (C=O) groups excluding carboxylic acids is 2. The lowest BCUT2D eigenvalue weighted by Crippen LogP contribution is -2.29. The normalized spacial score (nSPS) is 13.4. The zero-order valence-electron chi connectivity index (χ0n) is 15.4. The number of aromatic nitrogens is 1. The van der Waals surface area contributed by atoms with E-state index in [2.05, 4.69) is 4.98 Å². The maximum absolute atomic E-state index is 12.8. The first-order valence-corrected chi connectivity index (χ1v) is 8.99. The summed E-state index contributed by atoms with van der Waals surface area (Å²) in [6.07, 6.45) is 0. The standard InChI is InChI=1S/C23H16N2O3/c1-13-7-9-15(10-8-13)21-24-19-12-16(11-14(2)20(19)28-21)25-22(26)17-5-3-4-6-18(17)23(25)27/h3-12H,1-2H3. The molecule has 0 bridgehead atoms. The summed E-state index contributed by atoms with van der Waals surface area (Å²) in [4.78, 5) is 31.3. The molecule has 0 atom stereocenters. The number of nitrogens with zero attached hydrogens (tertiary/aromatic N) is 2. The van der Waals surface area contributed by atoms with E-state index in [1.165, 1.54) is 4.90 Å². The van der Waals surface area contributed by atoms with E-state index in [0.29, 0.717) is 33.8 Å². The smallest absolute Gasteiger partial charge is 0.266 e. The van der Waals surface area contributed by atoms with E-state index in [1.54, 1.807) is 36.4 Å². The number of hydrogen-bond acceptors (Lipinski definition) is 4. The van der Waals surface area contributed by atoms with Crippen LogP contribution < -0.4 is 4.90 Å². The van der Waals surface area contributed by atoms with Crippen LogP contribution in [-0.4, -0.2) is 16.8 Å². The summed E-state index contributed by atoms with van der Waals surface area (Å²) in [5.41, 5.74) is 5.46. The van der Waals surface area contributed by atoms with Crippen LogP contribution in [0.5, 0.6) is 0 Å². The number of benzene rings is 3. The van der Waals surface area contributed by atoms with Crippen molar-refractivity contribution in [2.24, 2.45) is 0 Å². The lowest BCUT2D eigenvalue weighted by atomic mass is 10.1. The van der Waals surface area contributed by atoms with Gasteiger partial charge in [-0.3, -0.25) is 9.59 Å². The molecule has 0 spiro atoms. The third-order valence-electron chi connectivity index (χ3n) is 5.01. The van der Waals surface area contributed by atoms with Gasteiger partial charge in [-0.1, -0.05) is 29.8 Å². The predicted molar refractivity (Wildman–Crippen MR) is 107 cm³/mol. The van der Waals surface area contributed by atoms with E-state index >= 15 is 0 Å². The molecule has 2 amide bonds. The van der Waals surface area contributed by atoms with Crippen LogP contribution in [0.15, 0.2) is 65.1 Å². The molecule has 136 valence electrons. The minimum atomic E-state index is -0.318. The van der Waals surface area contributed by atoms with Gasteiger partial charge in [0.2, 0.25) is 5.89 Å². The molecule has 5 rings (SSSR count). The van der Waals surface area contributed by atoms with Crippen LogP contribution in [0.1, 0.15) is 31.8 Å². The summed E-state index contributed by atoms with van der Waals surface area (Å²) in [6, 6.07) is 18.3.